The molecule has 0 aliphatic heterocycles. The summed E-state index contributed by atoms with van der Waals surface area (Å²) in [5, 5.41) is 0. The van der Waals surface area contributed by atoms with Gasteiger partial charge in [0.15, 0.2) is 0 Å². The maximum absolute atomic E-state index is 7.41. The van der Waals surface area contributed by atoms with E-state index in [0.717, 1.165) is 35.5 Å². The Morgan fingerprint density at radius 2 is 0.971 bits per heavy atom. The molecule has 5 rings (SSSR count). The number of hydrogen-bond acceptors (Lipinski definition) is 0. The number of hydrogen-bond donors (Lipinski definition) is 0. The highest BCUT2D eigenvalue weighted by molar-refractivity contribution is 6.50. The summed E-state index contributed by atoms with van der Waals surface area (Å²) in [7, 11) is 0. The fourth-order valence-corrected chi connectivity index (χ4v) is 11.2. The monoisotopic (exact) mass is 508 g/mol. The van der Waals surface area contributed by atoms with Gasteiger partial charge in [0.25, 0.3) is 0 Å². The molecule has 5 fully saturated rings. The highest BCUT2D eigenvalue weighted by Crippen LogP contribution is 2.77. The van der Waals surface area contributed by atoms with Crippen molar-refractivity contribution >= 4 is 23.2 Å². The van der Waals surface area contributed by atoms with Gasteiger partial charge in [0.1, 0.15) is 4.33 Å². The second kappa shape index (κ2) is 10.8. The van der Waals surface area contributed by atoms with Crippen molar-refractivity contribution in [2.45, 2.75) is 153 Å². The molecule has 0 nitrogen and oxygen atoms in total. The molecule has 196 valence electrons. The van der Waals surface area contributed by atoms with Gasteiger partial charge in [0.2, 0.25) is 0 Å². The Morgan fingerprint density at radius 3 is 1.35 bits per heavy atom. The molecule has 5 saturated carbocycles. The molecule has 5 aliphatic rings. The molecule has 2 heteroatoms. The summed E-state index contributed by atoms with van der Waals surface area (Å²) in [5.74, 6) is 5.99. The van der Waals surface area contributed by atoms with E-state index in [2.05, 4.69) is 13.8 Å². The molecule has 0 amide bonds. The standard InChI is InChI=1S/C32H54Cl2/c1-3-5-6-25-9-13-27(14-10-25)29-17-21-31(22-18-29)23-30(32(31,33)34)19-15-28(16-20-30)26-11-7-24(4-2)8-12-26/h24-29H,3-23H2,1-2H3. The summed E-state index contributed by atoms with van der Waals surface area (Å²) in [6.07, 6.45) is 29.9. The van der Waals surface area contributed by atoms with Crippen LogP contribution in [0.1, 0.15) is 149 Å². The molecule has 5 aliphatic carbocycles. The molecule has 34 heavy (non-hydrogen) atoms. The quantitative estimate of drug-likeness (QED) is 0.312. The van der Waals surface area contributed by atoms with Crippen LogP contribution in [0.2, 0.25) is 0 Å². The predicted molar refractivity (Wildman–Crippen MR) is 149 cm³/mol. The van der Waals surface area contributed by atoms with E-state index in [1.807, 2.05) is 0 Å². The first-order valence-corrected chi connectivity index (χ1v) is 16.6. The molecular formula is C32H54Cl2. The lowest BCUT2D eigenvalue weighted by Gasteiger charge is -2.69. The van der Waals surface area contributed by atoms with E-state index in [1.165, 1.54) is 135 Å². The van der Waals surface area contributed by atoms with Crippen LogP contribution in [0.15, 0.2) is 0 Å². The van der Waals surface area contributed by atoms with Crippen molar-refractivity contribution in [3.8, 4) is 0 Å². The van der Waals surface area contributed by atoms with E-state index in [0.29, 0.717) is 0 Å². The maximum Gasteiger partial charge on any atom is 0.129 e. The average Bonchev–Trinajstić information content (AvgIpc) is 2.89. The Hall–Kier alpha value is 0.580. The first kappa shape index (κ1) is 26.2. The molecule has 0 radical (unpaired) electrons. The second-order valence-electron chi connectivity index (χ2n) is 14.1. The minimum atomic E-state index is -0.451. The van der Waals surface area contributed by atoms with Gasteiger partial charge in [-0.15, -0.1) is 23.2 Å². The molecule has 0 heterocycles. The van der Waals surface area contributed by atoms with Crippen molar-refractivity contribution < 1.29 is 0 Å². The zero-order valence-electron chi connectivity index (χ0n) is 22.6. The van der Waals surface area contributed by atoms with E-state index in [9.17, 15) is 0 Å². The topological polar surface area (TPSA) is 0 Å². The van der Waals surface area contributed by atoms with Crippen molar-refractivity contribution in [1.29, 1.82) is 0 Å². The molecule has 0 atom stereocenters. The average molecular weight is 510 g/mol. The minimum absolute atomic E-state index is 0.247. The van der Waals surface area contributed by atoms with Crippen LogP contribution in [0.25, 0.3) is 0 Å². The van der Waals surface area contributed by atoms with Crippen LogP contribution in [-0.2, 0) is 0 Å². The summed E-state index contributed by atoms with van der Waals surface area (Å²) < 4.78 is -0.451. The van der Waals surface area contributed by atoms with Crippen molar-refractivity contribution in [1.82, 2.24) is 0 Å². The van der Waals surface area contributed by atoms with Crippen LogP contribution >= 0.6 is 23.2 Å². The molecule has 0 bridgehead atoms. The summed E-state index contributed by atoms with van der Waals surface area (Å²) in [6.45, 7) is 4.72. The third-order valence-corrected chi connectivity index (χ3v) is 14.2. The third kappa shape index (κ3) is 4.76. The SMILES string of the molecule is CCCCC1CCC(C2CCC3(CC2)CC2(CCC(C4CCC(CC)CC4)CC2)C3(Cl)Cl)CC1. The Labute approximate surface area is 222 Å². The van der Waals surface area contributed by atoms with E-state index in [1.54, 1.807) is 0 Å². The zero-order valence-corrected chi connectivity index (χ0v) is 24.1. The molecule has 0 aromatic carbocycles. The van der Waals surface area contributed by atoms with Crippen molar-refractivity contribution in [3.05, 3.63) is 0 Å². The Morgan fingerprint density at radius 1 is 0.559 bits per heavy atom. The molecule has 0 unspecified atom stereocenters. The van der Waals surface area contributed by atoms with E-state index >= 15 is 0 Å². The molecule has 0 N–H and O–H groups in total. The zero-order chi connectivity index (χ0) is 23.8. The molecular weight excluding hydrogens is 455 g/mol. The fraction of sp³-hybridized carbons (Fsp3) is 1.00. The van der Waals surface area contributed by atoms with Gasteiger partial charge in [0, 0.05) is 10.8 Å². The van der Waals surface area contributed by atoms with E-state index < -0.39 is 4.33 Å². The normalized spacial score (nSPS) is 46.9. The van der Waals surface area contributed by atoms with Crippen LogP contribution in [0.4, 0.5) is 0 Å². The van der Waals surface area contributed by atoms with E-state index in [4.69, 9.17) is 23.2 Å². The number of alkyl halides is 2. The lowest BCUT2D eigenvalue weighted by atomic mass is 9.42. The minimum Gasteiger partial charge on any atom is -0.100 e. The lowest BCUT2D eigenvalue weighted by Crippen LogP contribution is -2.66. The van der Waals surface area contributed by atoms with Crippen LogP contribution < -0.4 is 0 Å². The van der Waals surface area contributed by atoms with Gasteiger partial charge in [-0.1, -0.05) is 65.2 Å². The summed E-state index contributed by atoms with van der Waals surface area (Å²) >= 11 is 14.8. The lowest BCUT2D eigenvalue weighted by molar-refractivity contribution is -0.122. The highest BCUT2D eigenvalue weighted by Gasteiger charge is 2.72. The largest absolute Gasteiger partial charge is 0.129 e. The smallest absolute Gasteiger partial charge is 0.100 e. The Kier molecular flexibility index (Phi) is 8.28. The summed E-state index contributed by atoms with van der Waals surface area (Å²) in [4.78, 5) is 0. The van der Waals surface area contributed by atoms with Crippen molar-refractivity contribution in [3.63, 3.8) is 0 Å². The first-order valence-electron chi connectivity index (χ1n) is 15.8. The van der Waals surface area contributed by atoms with Crippen LogP contribution in [0, 0.1) is 46.3 Å². The highest BCUT2D eigenvalue weighted by atomic mass is 35.5. The maximum atomic E-state index is 7.41. The van der Waals surface area contributed by atoms with Crippen LogP contribution in [0.3, 0.4) is 0 Å². The summed E-state index contributed by atoms with van der Waals surface area (Å²) in [6, 6.07) is 0. The molecule has 0 aromatic heterocycles. The van der Waals surface area contributed by atoms with Gasteiger partial charge in [-0.05, 0) is 119 Å². The van der Waals surface area contributed by atoms with Crippen molar-refractivity contribution in [2.24, 2.45) is 46.3 Å². The van der Waals surface area contributed by atoms with Gasteiger partial charge >= 0.3 is 0 Å². The first-order chi connectivity index (χ1) is 16.4. The van der Waals surface area contributed by atoms with Gasteiger partial charge in [-0.3, -0.25) is 0 Å². The number of unbranched alkanes of at least 4 members (excludes halogenated alkanes) is 1. The van der Waals surface area contributed by atoms with Gasteiger partial charge < -0.3 is 0 Å². The predicted octanol–water partition coefficient (Wildman–Crippen LogP) is 11.1. The molecule has 0 aromatic rings. The Bertz CT molecular complexity index is 636. The van der Waals surface area contributed by atoms with Gasteiger partial charge in [-0.2, -0.15) is 0 Å². The third-order valence-electron chi connectivity index (χ3n) is 12.6. The summed E-state index contributed by atoms with van der Waals surface area (Å²) in [5.41, 5.74) is 0.494. The van der Waals surface area contributed by atoms with Crippen LogP contribution in [-0.4, -0.2) is 4.33 Å². The number of halogens is 2. The number of rotatable bonds is 6. The van der Waals surface area contributed by atoms with Gasteiger partial charge in [-0.25, -0.2) is 0 Å². The van der Waals surface area contributed by atoms with E-state index in [-0.39, 0.29) is 10.8 Å². The Balaban J connectivity index is 1.09. The van der Waals surface area contributed by atoms with Crippen molar-refractivity contribution in [2.75, 3.05) is 0 Å². The second-order valence-corrected chi connectivity index (χ2v) is 15.4. The van der Waals surface area contributed by atoms with Crippen LogP contribution in [0.5, 0.6) is 0 Å². The molecule has 2 spiro atoms. The fourth-order valence-electron chi connectivity index (χ4n) is 10.1. The van der Waals surface area contributed by atoms with Gasteiger partial charge in [0.05, 0.1) is 0 Å². The molecule has 0 saturated heterocycles.